The number of carbonyl (C=O) groups excluding carboxylic acids is 1. The van der Waals surface area contributed by atoms with E-state index in [0.717, 1.165) is 12.1 Å². The molecule has 3 rings (SSSR count). The van der Waals surface area contributed by atoms with E-state index in [9.17, 15) is 13.6 Å². The van der Waals surface area contributed by atoms with Gasteiger partial charge in [-0.2, -0.15) is 0 Å². The number of ether oxygens (including phenoxy) is 1. The highest BCUT2D eigenvalue weighted by Gasteiger charge is 2.18. The Balaban J connectivity index is 1.89. The van der Waals surface area contributed by atoms with E-state index in [1.165, 1.54) is 13.4 Å². The SMILES string of the molecule is COc1n[nH]c2ncnc(NC(=O)Nc3c(F)ccc(N)c3F)c12. The van der Waals surface area contributed by atoms with Crippen LogP contribution in [0.5, 0.6) is 5.88 Å². The predicted molar refractivity (Wildman–Crippen MR) is 81.6 cm³/mol. The molecule has 124 valence electrons. The Bertz CT molecular complexity index is 928. The number of H-pyrrole nitrogens is 1. The van der Waals surface area contributed by atoms with Gasteiger partial charge in [0.1, 0.15) is 23.2 Å². The lowest BCUT2D eigenvalue weighted by atomic mass is 10.2. The van der Waals surface area contributed by atoms with Crippen LogP contribution in [0.3, 0.4) is 0 Å². The molecule has 2 aromatic heterocycles. The fourth-order valence-corrected chi connectivity index (χ4v) is 2.01. The molecule has 0 aliphatic heterocycles. The number of nitrogens with zero attached hydrogens (tertiary/aromatic N) is 3. The summed E-state index contributed by atoms with van der Waals surface area (Å²) in [7, 11) is 1.38. The highest BCUT2D eigenvalue weighted by Crippen LogP contribution is 2.27. The molecule has 3 aromatic rings. The van der Waals surface area contributed by atoms with Crippen LogP contribution in [0.25, 0.3) is 11.0 Å². The van der Waals surface area contributed by atoms with Crippen molar-refractivity contribution < 1.29 is 18.3 Å². The molecule has 1 aromatic carbocycles. The molecule has 0 aliphatic carbocycles. The first kappa shape index (κ1) is 15.4. The van der Waals surface area contributed by atoms with E-state index >= 15 is 0 Å². The van der Waals surface area contributed by atoms with Crippen LogP contribution in [0.15, 0.2) is 18.5 Å². The van der Waals surface area contributed by atoms with E-state index in [2.05, 4.69) is 30.8 Å². The lowest BCUT2D eigenvalue weighted by Gasteiger charge is -2.10. The van der Waals surface area contributed by atoms with E-state index in [4.69, 9.17) is 10.5 Å². The van der Waals surface area contributed by atoms with Gasteiger partial charge in [-0.3, -0.25) is 10.4 Å². The number of rotatable bonds is 3. The van der Waals surface area contributed by atoms with Crippen LogP contribution >= 0.6 is 0 Å². The van der Waals surface area contributed by atoms with Crippen molar-refractivity contribution in [2.45, 2.75) is 0 Å². The van der Waals surface area contributed by atoms with Gasteiger partial charge in [0.2, 0.25) is 5.88 Å². The highest BCUT2D eigenvalue weighted by molar-refractivity contribution is 6.05. The first-order valence-electron chi connectivity index (χ1n) is 6.55. The first-order chi connectivity index (χ1) is 11.5. The van der Waals surface area contributed by atoms with E-state index < -0.39 is 23.4 Å². The van der Waals surface area contributed by atoms with Gasteiger partial charge in [0, 0.05) is 0 Å². The fourth-order valence-electron chi connectivity index (χ4n) is 2.01. The second-order valence-corrected chi connectivity index (χ2v) is 4.58. The van der Waals surface area contributed by atoms with Crippen LogP contribution in [0, 0.1) is 11.6 Å². The molecule has 0 saturated carbocycles. The summed E-state index contributed by atoms with van der Waals surface area (Å²) in [5, 5.41) is 11.2. The molecule has 2 amide bonds. The molecule has 0 radical (unpaired) electrons. The molecule has 0 spiro atoms. The minimum atomic E-state index is -1.07. The number of halogens is 2. The highest BCUT2D eigenvalue weighted by atomic mass is 19.1. The maximum absolute atomic E-state index is 13.8. The second-order valence-electron chi connectivity index (χ2n) is 4.58. The van der Waals surface area contributed by atoms with Crippen molar-refractivity contribution in [1.29, 1.82) is 0 Å². The van der Waals surface area contributed by atoms with Crippen molar-refractivity contribution in [1.82, 2.24) is 20.2 Å². The van der Waals surface area contributed by atoms with Crippen LogP contribution in [-0.2, 0) is 0 Å². The van der Waals surface area contributed by atoms with Crippen molar-refractivity contribution in [3.05, 3.63) is 30.1 Å². The number of amides is 2. The average Bonchev–Trinajstić information content (AvgIpc) is 2.99. The van der Waals surface area contributed by atoms with Gasteiger partial charge in [-0.25, -0.2) is 23.5 Å². The van der Waals surface area contributed by atoms with Gasteiger partial charge < -0.3 is 15.8 Å². The third-order valence-corrected chi connectivity index (χ3v) is 3.11. The van der Waals surface area contributed by atoms with Gasteiger partial charge in [0.15, 0.2) is 17.3 Å². The number of methoxy groups -OCH3 is 1. The Morgan fingerprint density at radius 3 is 2.83 bits per heavy atom. The molecular weight excluding hydrogens is 324 g/mol. The Labute approximate surface area is 133 Å². The fraction of sp³-hybridized carbons (Fsp3) is 0.0769. The summed E-state index contributed by atoms with van der Waals surface area (Å²) < 4.78 is 32.5. The van der Waals surface area contributed by atoms with E-state index in [-0.39, 0.29) is 17.4 Å². The summed E-state index contributed by atoms with van der Waals surface area (Å²) in [5.74, 6) is -1.83. The van der Waals surface area contributed by atoms with Crippen molar-refractivity contribution in [2.75, 3.05) is 23.5 Å². The van der Waals surface area contributed by atoms with Gasteiger partial charge >= 0.3 is 6.03 Å². The molecule has 2 heterocycles. The largest absolute Gasteiger partial charge is 0.479 e. The number of nitrogens with two attached hydrogens (primary N) is 1. The van der Waals surface area contributed by atoms with E-state index in [1.54, 1.807) is 0 Å². The van der Waals surface area contributed by atoms with Crippen molar-refractivity contribution in [2.24, 2.45) is 0 Å². The summed E-state index contributed by atoms with van der Waals surface area (Å²) in [6.07, 6.45) is 1.18. The zero-order valence-corrected chi connectivity index (χ0v) is 12.2. The summed E-state index contributed by atoms with van der Waals surface area (Å²) in [6, 6.07) is 1.07. The maximum atomic E-state index is 13.8. The summed E-state index contributed by atoms with van der Waals surface area (Å²) in [4.78, 5) is 19.9. The van der Waals surface area contributed by atoms with Crippen molar-refractivity contribution >= 4 is 34.3 Å². The number of anilines is 3. The maximum Gasteiger partial charge on any atom is 0.325 e. The number of aromatic amines is 1. The number of nitrogen functional groups attached to an aromatic ring is 1. The third-order valence-electron chi connectivity index (χ3n) is 3.11. The standard InChI is InChI=1S/C13H11F2N7O2/c1-24-12-7-10(17-4-18-11(7)21-22-12)20-13(23)19-9-5(14)2-3-6(16)8(9)15/h2-4H,16H2,1H3,(H3,17,18,19,20,21,22,23). The zero-order chi connectivity index (χ0) is 17.3. The smallest absolute Gasteiger partial charge is 0.325 e. The van der Waals surface area contributed by atoms with E-state index in [1.807, 2.05) is 0 Å². The monoisotopic (exact) mass is 335 g/mol. The van der Waals surface area contributed by atoms with Gasteiger partial charge in [0.25, 0.3) is 0 Å². The number of carbonyl (C=O) groups is 1. The van der Waals surface area contributed by atoms with Crippen molar-refractivity contribution in [3.63, 3.8) is 0 Å². The molecule has 0 unspecified atom stereocenters. The number of hydrogen-bond donors (Lipinski definition) is 4. The number of nitrogens with one attached hydrogen (secondary N) is 3. The Morgan fingerprint density at radius 1 is 1.29 bits per heavy atom. The molecule has 0 bridgehead atoms. The van der Waals surface area contributed by atoms with Gasteiger partial charge in [0.05, 0.1) is 12.8 Å². The second kappa shape index (κ2) is 5.95. The molecular formula is C13H11F2N7O2. The quantitative estimate of drug-likeness (QED) is 0.540. The molecule has 0 atom stereocenters. The molecule has 0 fully saturated rings. The summed E-state index contributed by atoms with van der Waals surface area (Å²) in [5.41, 5.74) is 4.70. The van der Waals surface area contributed by atoms with E-state index in [0.29, 0.717) is 11.0 Å². The van der Waals surface area contributed by atoms with Crippen LogP contribution in [0.2, 0.25) is 0 Å². The molecule has 0 saturated heterocycles. The topological polar surface area (TPSA) is 131 Å². The molecule has 5 N–H and O–H groups in total. The Morgan fingerprint density at radius 2 is 2.08 bits per heavy atom. The minimum absolute atomic E-state index is 0.0489. The Hall–Kier alpha value is -3.50. The van der Waals surface area contributed by atoms with Crippen LogP contribution in [-0.4, -0.2) is 33.3 Å². The first-order valence-corrected chi connectivity index (χ1v) is 6.55. The predicted octanol–water partition coefficient (Wildman–Crippen LogP) is 1.87. The molecule has 9 nitrogen and oxygen atoms in total. The van der Waals surface area contributed by atoms with Gasteiger partial charge in [-0.05, 0) is 12.1 Å². The third kappa shape index (κ3) is 2.62. The van der Waals surface area contributed by atoms with Gasteiger partial charge in [-0.1, -0.05) is 0 Å². The van der Waals surface area contributed by atoms with Crippen LogP contribution < -0.4 is 21.1 Å². The molecule has 24 heavy (non-hydrogen) atoms. The number of aromatic nitrogens is 4. The normalized spacial score (nSPS) is 10.6. The van der Waals surface area contributed by atoms with Crippen LogP contribution in [0.4, 0.5) is 30.8 Å². The number of hydrogen-bond acceptors (Lipinski definition) is 6. The average molecular weight is 335 g/mol. The number of benzene rings is 1. The van der Waals surface area contributed by atoms with Crippen LogP contribution in [0.1, 0.15) is 0 Å². The summed E-state index contributed by atoms with van der Waals surface area (Å²) in [6.45, 7) is 0. The van der Waals surface area contributed by atoms with Crippen molar-refractivity contribution in [3.8, 4) is 5.88 Å². The molecule has 0 aliphatic rings. The Kier molecular flexibility index (Phi) is 3.82. The summed E-state index contributed by atoms with van der Waals surface area (Å²) >= 11 is 0. The lowest BCUT2D eigenvalue weighted by molar-refractivity contribution is 0.262. The number of fused-ring (bicyclic) bond motifs is 1. The van der Waals surface area contributed by atoms with Gasteiger partial charge in [-0.15, -0.1) is 5.10 Å². The zero-order valence-electron chi connectivity index (χ0n) is 12.2. The number of urea groups is 1. The minimum Gasteiger partial charge on any atom is -0.479 e. The lowest BCUT2D eigenvalue weighted by Crippen LogP contribution is -2.22. The molecule has 11 heteroatoms.